The number of thiocarbonyl (C=S) groups is 1. The van der Waals surface area contributed by atoms with Crippen LogP contribution in [0.25, 0.3) is 6.08 Å². The number of rotatable bonds is 7. The van der Waals surface area contributed by atoms with Crippen molar-refractivity contribution in [3.8, 4) is 0 Å². The van der Waals surface area contributed by atoms with Crippen LogP contribution in [0.5, 0.6) is 0 Å². The van der Waals surface area contributed by atoms with Crippen LogP contribution in [-0.2, 0) is 6.42 Å². The molecule has 0 aromatic heterocycles. The average Bonchev–Trinajstić information content (AvgIpc) is 2.56. The van der Waals surface area contributed by atoms with Crippen molar-refractivity contribution in [2.75, 3.05) is 0 Å². The topological polar surface area (TPSA) is 0 Å². The molecule has 0 aliphatic rings. The van der Waals surface area contributed by atoms with Gasteiger partial charge in [0, 0.05) is 10.4 Å². The van der Waals surface area contributed by atoms with Gasteiger partial charge in [0.05, 0.1) is 0 Å². The lowest BCUT2D eigenvalue weighted by Gasteiger charge is -2.06. The highest BCUT2D eigenvalue weighted by molar-refractivity contribution is 7.81. The highest BCUT2D eigenvalue weighted by Crippen LogP contribution is 2.19. The first-order chi connectivity index (χ1) is 11.1. The van der Waals surface area contributed by atoms with E-state index in [4.69, 9.17) is 12.2 Å². The number of hydrogen-bond donors (Lipinski definition) is 0. The van der Waals surface area contributed by atoms with E-state index >= 15 is 0 Å². The zero-order valence-corrected chi connectivity index (χ0v) is 14.0. The van der Waals surface area contributed by atoms with Gasteiger partial charge in [0.15, 0.2) is 0 Å². The third-order valence-electron chi connectivity index (χ3n) is 3.68. The predicted octanol–water partition coefficient (Wildman–Crippen LogP) is 6.13. The van der Waals surface area contributed by atoms with Gasteiger partial charge in [0.2, 0.25) is 0 Å². The van der Waals surface area contributed by atoms with Crippen molar-refractivity contribution < 1.29 is 8.78 Å². The molecule has 0 nitrogen and oxygen atoms in total. The van der Waals surface area contributed by atoms with Crippen LogP contribution in [0.15, 0.2) is 48.5 Å². The third kappa shape index (κ3) is 5.07. The van der Waals surface area contributed by atoms with E-state index in [2.05, 4.69) is 6.92 Å². The Labute approximate surface area is 141 Å². The van der Waals surface area contributed by atoms with Crippen molar-refractivity contribution in [1.82, 2.24) is 0 Å². The number of allylic oxidation sites excluding steroid dienone is 1. The molecular weight excluding hydrogens is 310 g/mol. The van der Waals surface area contributed by atoms with Gasteiger partial charge in [-0.25, -0.2) is 8.78 Å². The van der Waals surface area contributed by atoms with Crippen LogP contribution < -0.4 is 0 Å². The van der Waals surface area contributed by atoms with Gasteiger partial charge in [-0.15, -0.1) is 0 Å². The fourth-order valence-electron chi connectivity index (χ4n) is 2.38. The van der Waals surface area contributed by atoms with Crippen LogP contribution in [0.4, 0.5) is 8.78 Å². The fraction of sp³-hybridized carbons (Fsp3) is 0.250. The molecule has 23 heavy (non-hydrogen) atoms. The number of unbranched alkanes of at least 4 members (excludes halogenated alkanes) is 2. The first-order valence-corrected chi connectivity index (χ1v) is 8.28. The summed E-state index contributed by atoms with van der Waals surface area (Å²) in [7, 11) is 0. The summed E-state index contributed by atoms with van der Waals surface area (Å²) in [5.41, 5.74) is 1.58. The van der Waals surface area contributed by atoms with Gasteiger partial charge in [0.1, 0.15) is 11.6 Å². The van der Waals surface area contributed by atoms with Crippen LogP contribution >= 0.6 is 12.2 Å². The monoisotopic (exact) mass is 330 g/mol. The van der Waals surface area contributed by atoms with Gasteiger partial charge in [-0.1, -0.05) is 68.4 Å². The molecule has 0 saturated heterocycles. The van der Waals surface area contributed by atoms with Crippen LogP contribution in [-0.4, -0.2) is 4.86 Å². The fourth-order valence-corrected chi connectivity index (χ4v) is 2.58. The summed E-state index contributed by atoms with van der Waals surface area (Å²) in [5, 5.41) is 0. The zero-order chi connectivity index (χ0) is 16.7. The molecule has 0 amide bonds. The molecule has 120 valence electrons. The summed E-state index contributed by atoms with van der Waals surface area (Å²) in [6, 6.07) is 12.3. The number of benzene rings is 2. The number of hydrogen-bond acceptors (Lipinski definition) is 1. The van der Waals surface area contributed by atoms with E-state index in [1.54, 1.807) is 12.2 Å². The van der Waals surface area contributed by atoms with Crippen molar-refractivity contribution in [2.24, 2.45) is 0 Å². The van der Waals surface area contributed by atoms with Crippen molar-refractivity contribution in [2.45, 2.75) is 32.6 Å². The first kappa shape index (κ1) is 17.5. The standard InChI is InChI=1S/C20H20F2S/c1-2-3-5-10-17-18(21)13-15(14-19(17)22)11-12-20(23)16-8-6-4-7-9-16/h4,6-9,11-14H,2-3,5,10H2,1H3. The summed E-state index contributed by atoms with van der Waals surface area (Å²) < 4.78 is 28.2. The smallest absolute Gasteiger partial charge is 0.129 e. The van der Waals surface area contributed by atoms with Crippen LogP contribution in [0.2, 0.25) is 0 Å². The maximum absolute atomic E-state index is 14.1. The van der Waals surface area contributed by atoms with Crippen molar-refractivity contribution in [1.29, 1.82) is 0 Å². The van der Waals surface area contributed by atoms with Crippen molar-refractivity contribution >= 4 is 23.2 Å². The molecule has 0 fully saturated rings. The van der Waals surface area contributed by atoms with Crippen LogP contribution in [0, 0.1) is 11.6 Å². The Kier molecular flexibility index (Phi) is 6.60. The Morgan fingerprint density at radius 3 is 2.30 bits per heavy atom. The predicted molar refractivity (Wildman–Crippen MR) is 96.8 cm³/mol. The van der Waals surface area contributed by atoms with Crippen molar-refractivity contribution in [3.63, 3.8) is 0 Å². The van der Waals surface area contributed by atoms with Gasteiger partial charge >= 0.3 is 0 Å². The largest absolute Gasteiger partial charge is 0.207 e. The Morgan fingerprint density at radius 2 is 1.70 bits per heavy atom. The molecule has 2 aromatic rings. The zero-order valence-electron chi connectivity index (χ0n) is 13.2. The molecule has 2 aromatic carbocycles. The minimum atomic E-state index is -0.480. The molecule has 2 rings (SSSR count). The molecule has 3 heteroatoms. The Balaban J connectivity index is 2.12. The third-order valence-corrected chi connectivity index (χ3v) is 4.05. The average molecular weight is 330 g/mol. The molecule has 0 unspecified atom stereocenters. The van der Waals surface area contributed by atoms with E-state index in [0.717, 1.165) is 24.8 Å². The lowest BCUT2D eigenvalue weighted by Crippen LogP contribution is -1.97. The molecule has 0 atom stereocenters. The van der Waals surface area contributed by atoms with Gasteiger partial charge < -0.3 is 0 Å². The van der Waals surface area contributed by atoms with E-state index in [0.29, 0.717) is 16.8 Å². The molecule has 0 N–H and O–H groups in total. The molecule has 0 heterocycles. The molecule has 0 aliphatic heterocycles. The van der Waals surface area contributed by atoms with Gasteiger partial charge in [-0.3, -0.25) is 0 Å². The molecule has 0 spiro atoms. The lowest BCUT2D eigenvalue weighted by molar-refractivity contribution is 0.545. The molecule has 0 bridgehead atoms. The van der Waals surface area contributed by atoms with Gasteiger partial charge in [-0.05, 0) is 42.2 Å². The molecule has 0 aliphatic carbocycles. The van der Waals surface area contributed by atoms with E-state index in [9.17, 15) is 8.78 Å². The van der Waals surface area contributed by atoms with E-state index < -0.39 is 11.6 Å². The summed E-state index contributed by atoms with van der Waals surface area (Å²) in [5.74, 6) is -0.960. The highest BCUT2D eigenvalue weighted by atomic mass is 32.1. The van der Waals surface area contributed by atoms with E-state index in [-0.39, 0.29) is 5.56 Å². The maximum Gasteiger partial charge on any atom is 0.129 e. The minimum Gasteiger partial charge on any atom is -0.207 e. The Bertz CT molecular complexity index is 667. The molecular formula is C20H20F2S. The summed E-state index contributed by atoms with van der Waals surface area (Å²) in [6.07, 6.45) is 6.61. The van der Waals surface area contributed by atoms with Crippen LogP contribution in [0.3, 0.4) is 0 Å². The first-order valence-electron chi connectivity index (χ1n) is 7.87. The second-order valence-corrected chi connectivity index (χ2v) is 5.92. The second-order valence-electron chi connectivity index (χ2n) is 5.48. The van der Waals surface area contributed by atoms with Crippen molar-refractivity contribution in [3.05, 3.63) is 76.9 Å². The lowest BCUT2D eigenvalue weighted by atomic mass is 10.0. The van der Waals surface area contributed by atoms with E-state index in [1.807, 2.05) is 30.3 Å². The molecule has 0 radical (unpaired) electrons. The summed E-state index contributed by atoms with van der Waals surface area (Å²) >= 11 is 5.31. The highest BCUT2D eigenvalue weighted by Gasteiger charge is 2.10. The van der Waals surface area contributed by atoms with Crippen LogP contribution in [0.1, 0.15) is 42.9 Å². The number of halogens is 2. The quantitative estimate of drug-likeness (QED) is 0.255. The Hall–Kier alpha value is -1.87. The SMILES string of the molecule is CCCCCc1c(F)cc(C=CC(=S)c2ccccc2)cc1F. The summed E-state index contributed by atoms with van der Waals surface area (Å²) in [4.78, 5) is 0.637. The van der Waals surface area contributed by atoms with Gasteiger partial charge in [-0.2, -0.15) is 0 Å². The Morgan fingerprint density at radius 1 is 1.04 bits per heavy atom. The summed E-state index contributed by atoms with van der Waals surface area (Å²) in [6.45, 7) is 2.07. The van der Waals surface area contributed by atoms with E-state index in [1.165, 1.54) is 12.1 Å². The second kappa shape index (κ2) is 8.68. The maximum atomic E-state index is 14.1. The minimum absolute atomic E-state index is 0.182. The molecule has 0 saturated carbocycles. The normalized spacial score (nSPS) is 11.1. The van der Waals surface area contributed by atoms with Gasteiger partial charge in [0.25, 0.3) is 0 Å².